The number of nitrogens with zero attached hydrogens (tertiary/aromatic N) is 3. The van der Waals surface area contributed by atoms with Crippen molar-refractivity contribution in [3.05, 3.63) is 35.5 Å². The lowest BCUT2D eigenvalue weighted by Gasteiger charge is -2.30. The third-order valence-electron chi connectivity index (χ3n) is 5.87. The number of piperidine rings is 1. The van der Waals surface area contributed by atoms with Crippen molar-refractivity contribution in [2.45, 2.75) is 31.7 Å². The van der Waals surface area contributed by atoms with Crippen LogP contribution < -0.4 is 16.0 Å². The molecule has 0 aliphatic carbocycles. The van der Waals surface area contributed by atoms with Crippen LogP contribution in [-0.2, 0) is 4.74 Å². The Labute approximate surface area is 182 Å². The number of hydrogen-bond acceptors (Lipinski definition) is 7. The summed E-state index contributed by atoms with van der Waals surface area (Å²) < 4.78 is 5.41. The summed E-state index contributed by atoms with van der Waals surface area (Å²) in [6.45, 7) is 3.84. The lowest BCUT2D eigenvalue weighted by atomic mass is 9.82. The van der Waals surface area contributed by atoms with Gasteiger partial charge in [-0.1, -0.05) is 17.7 Å². The highest BCUT2D eigenvalue weighted by atomic mass is 35.5. The van der Waals surface area contributed by atoms with Crippen molar-refractivity contribution in [1.82, 2.24) is 15.3 Å². The minimum absolute atomic E-state index is 0.407. The molecule has 30 heavy (non-hydrogen) atoms. The lowest BCUT2D eigenvalue weighted by Crippen LogP contribution is -2.35. The maximum Gasteiger partial charge on any atom is 0.126 e. The van der Waals surface area contributed by atoms with Gasteiger partial charge in [-0.2, -0.15) is 5.26 Å². The summed E-state index contributed by atoms with van der Waals surface area (Å²) in [5.41, 5.74) is 1.21. The molecular weight excluding hydrogens is 400 g/mol. The van der Waals surface area contributed by atoms with Crippen molar-refractivity contribution in [1.29, 1.82) is 5.26 Å². The highest BCUT2D eigenvalue weighted by Crippen LogP contribution is 2.31. The summed E-state index contributed by atoms with van der Waals surface area (Å²) in [6.07, 6.45) is 5.29. The number of pyridine rings is 2. The molecule has 0 aromatic carbocycles. The van der Waals surface area contributed by atoms with Gasteiger partial charge in [0.15, 0.2) is 0 Å². The van der Waals surface area contributed by atoms with E-state index in [0.29, 0.717) is 30.8 Å². The van der Waals surface area contributed by atoms with E-state index in [-0.39, 0.29) is 0 Å². The molecule has 3 N–H and O–H groups in total. The number of hydrogen-bond donors (Lipinski definition) is 3. The first-order valence-electron chi connectivity index (χ1n) is 10.5. The highest BCUT2D eigenvalue weighted by Gasteiger charge is 2.32. The fraction of sp³-hybridized carbons (Fsp3) is 0.500. The summed E-state index contributed by atoms with van der Waals surface area (Å²) in [6, 6.07) is 10.7. The zero-order valence-corrected chi connectivity index (χ0v) is 17.7. The third kappa shape index (κ3) is 5.01. The average molecular weight is 427 g/mol. The van der Waals surface area contributed by atoms with E-state index < -0.39 is 5.41 Å². The Morgan fingerprint density at radius 3 is 2.80 bits per heavy atom. The first-order chi connectivity index (χ1) is 14.7. The molecule has 8 heteroatoms. The molecule has 2 fully saturated rings. The van der Waals surface area contributed by atoms with Crippen molar-refractivity contribution in [2.24, 2.45) is 5.41 Å². The maximum atomic E-state index is 9.65. The Hall–Kier alpha value is -2.40. The summed E-state index contributed by atoms with van der Waals surface area (Å²) in [4.78, 5) is 9.18. The molecule has 2 aromatic heterocycles. The minimum atomic E-state index is -0.407. The molecule has 0 amide bonds. The second kappa shape index (κ2) is 9.61. The highest BCUT2D eigenvalue weighted by molar-refractivity contribution is 6.33. The molecule has 0 saturated carbocycles. The van der Waals surface area contributed by atoms with E-state index in [9.17, 15) is 5.26 Å². The lowest BCUT2D eigenvalue weighted by molar-refractivity contribution is 0.0455. The Morgan fingerprint density at radius 1 is 1.23 bits per heavy atom. The van der Waals surface area contributed by atoms with Gasteiger partial charge in [0, 0.05) is 37.6 Å². The van der Waals surface area contributed by atoms with Crippen LogP contribution >= 0.6 is 11.6 Å². The van der Waals surface area contributed by atoms with Gasteiger partial charge >= 0.3 is 0 Å². The van der Waals surface area contributed by atoms with E-state index in [4.69, 9.17) is 21.3 Å². The van der Waals surface area contributed by atoms with Crippen LogP contribution in [0.3, 0.4) is 0 Å². The SMILES string of the molecule is N#CC1(CNc2cccc(-c3cc(NC4CCNCC4)ncc3Cl)n2)CCOCC1. The molecule has 0 unspecified atom stereocenters. The normalized spacial score (nSPS) is 19.1. The number of nitrogens with one attached hydrogen (secondary N) is 3. The fourth-order valence-electron chi connectivity index (χ4n) is 3.92. The number of halogens is 1. The van der Waals surface area contributed by atoms with Gasteiger partial charge < -0.3 is 20.7 Å². The van der Waals surface area contributed by atoms with Crippen LogP contribution in [0.25, 0.3) is 11.3 Å². The van der Waals surface area contributed by atoms with E-state index in [1.165, 1.54) is 0 Å². The predicted molar refractivity (Wildman–Crippen MR) is 119 cm³/mol. The van der Waals surface area contributed by atoms with Crippen molar-refractivity contribution in [3.8, 4) is 17.3 Å². The largest absolute Gasteiger partial charge is 0.381 e. The molecule has 2 saturated heterocycles. The molecule has 0 spiro atoms. The first-order valence-corrected chi connectivity index (χ1v) is 10.9. The van der Waals surface area contributed by atoms with Crippen LogP contribution in [0, 0.1) is 16.7 Å². The van der Waals surface area contributed by atoms with Crippen molar-refractivity contribution < 1.29 is 4.74 Å². The molecule has 158 valence electrons. The number of aromatic nitrogens is 2. The zero-order valence-electron chi connectivity index (χ0n) is 17.0. The van der Waals surface area contributed by atoms with Gasteiger partial charge in [-0.25, -0.2) is 9.97 Å². The van der Waals surface area contributed by atoms with Gasteiger partial charge in [0.1, 0.15) is 11.6 Å². The van der Waals surface area contributed by atoms with Crippen molar-refractivity contribution in [2.75, 3.05) is 43.5 Å². The number of rotatable bonds is 6. The molecule has 0 atom stereocenters. The van der Waals surface area contributed by atoms with E-state index in [1.54, 1.807) is 6.20 Å². The molecule has 7 nitrogen and oxygen atoms in total. The third-order valence-corrected chi connectivity index (χ3v) is 6.17. The predicted octanol–water partition coefficient (Wildman–Crippen LogP) is 3.69. The van der Waals surface area contributed by atoms with Crippen molar-refractivity contribution >= 4 is 23.2 Å². The summed E-state index contributed by atoms with van der Waals surface area (Å²) >= 11 is 6.45. The van der Waals surface area contributed by atoms with E-state index in [2.05, 4.69) is 27.0 Å². The van der Waals surface area contributed by atoms with Crippen LogP contribution in [0.1, 0.15) is 25.7 Å². The van der Waals surface area contributed by atoms with Gasteiger partial charge in [-0.05, 0) is 57.0 Å². The van der Waals surface area contributed by atoms with Gasteiger partial charge in [0.25, 0.3) is 0 Å². The van der Waals surface area contributed by atoms with Gasteiger partial charge in [0.05, 0.1) is 22.2 Å². The Balaban J connectivity index is 1.49. The van der Waals surface area contributed by atoms with Crippen molar-refractivity contribution in [3.63, 3.8) is 0 Å². The van der Waals surface area contributed by atoms with Crippen LogP contribution in [0.5, 0.6) is 0 Å². The van der Waals surface area contributed by atoms with Crippen LogP contribution in [0.15, 0.2) is 30.5 Å². The molecule has 2 aliphatic heterocycles. The zero-order chi connectivity index (χ0) is 20.8. The van der Waals surface area contributed by atoms with E-state index in [1.807, 2.05) is 24.3 Å². The summed E-state index contributed by atoms with van der Waals surface area (Å²) in [7, 11) is 0. The van der Waals surface area contributed by atoms with E-state index in [0.717, 1.165) is 61.7 Å². The summed E-state index contributed by atoms with van der Waals surface area (Å²) in [5, 5.41) is 20.4. The molecular formula is C22H27ClN6O. The number of ether oxygens (including phenoxy) is 1. The molecule has 4 heterocycles. The average Bonchev–Trinajstić information content (AvgIpc) is 2.80. The molecule has 2 aliphatic rings. The Kier molecular flexibility index (Phi) is 6.68. The number of anilines is 2. The molecule has 0 radical (unpaired) electrons. The van der Waals surface area contributed by atoms with Crippen LogP contribution in [0.2, 0.25) is 5.02 Å². The topological polar surface area (TPSA) is 94.9 Å². The Morgan fingerprint density at radius 2 is 2.03 bits per heavy atom. The number of nitriles is 1. The van der Waals surface area contributed by atoms with Gasteiger partial charge in [-0.15, -0.1) is 0 Å². The molecule has 2 aromatic rings. The monoisotopic (exact) mass is 426 g/mol. The van der Waals surface area contributed by atoms with Gasteiger partial charge in [-0.3, -0.25) is 0 Å². The van der Waals surface area contributed by atoms with Gasteiger partial charge in [0.2, 0.25) is 0 Å². The molecule has 4 rings (SSSR count). The first kappa shape index (κ1) is 20.9. The fourth-order valence-corrected chi connectivity index (χ4v) is 4.12. The Bertz CT molecular complexity index is 903. The minimum Gasteiger partial charge on any atom is -0.381 e. The smallest absolute Gasteiger partial charge is 0.126 e. The maximum absolute atomic E-state index is 9.65. The van der Waals surface area contributed by atoms with Crippen LogP contribution in [-0.4, -0.2) is 48.9 Å². The van der Waals surface area contributed by atoms with E-state index >= 15 is 0 Å². The second-order valence-electron chi connectivity index (χ2n) is 7.98. The second-order valence-corrected chi connectivity index (χ2v) is 8.39. The standard InChI is InChI=1S/C22H27ClN6O/c23-18-13-26-21(28-16-4-8-25-9-5-16)12-17(18)19-2-1-3-20(29-19)27-15-22(14-24)6-10-30-11-7-22/h1-3,12-13,16,25H,4-11,15H2,(H,26,28)(H,27,29). The quantitative estimate of drug-likeness (QED) is 0.648. The molecule has 0 bridgehead atoms. The summed E-state index contributed by atoms with van der Waals surface area (Å²) in [5.74, 6) is 1.54. The van der Waals surface area contributed by atoms with Crippen LogP contribution in [0.4, 0.5) is 11.6 Å².